The normalized spacial score (nSPS) is 10.7. The highest BCUT2D eigenvalue weighted by molar-refractivity contribution is 5.99. The number of para-hydroxylation sites is 1. The number of hydrogen-bond donors (Lipinski definition) is 2. The molecule has 0 aliphatic rings. The molecule has 1 amide bonds. The fourth-order valence-corrected chi connectivity index (χ4v) is 2.52. The number of anilines is 1. The summed E-state index contributed by atoms with van der Waals surface area (Å²) in [7, 11) is 1.60. The van der Waals surface area contributed by atoms with Crippen LogP contribution in [-0.4, -0.2) is 25.8 Å². The van der Waals surface area contributed by atoms with Crippen LogP contribution in [0.15, 0.2) is 47.6 Å². The molecule has 6 nitrogen and oxygen atoms in total. The van der Waals surface area contributed by atoms with Gasteiger partial charge in [-0.05, 0) is 42.3 Å². The monoisotopic (exact) mass is 369 g/mol. The van der Waals surface area contributed by atoms with Crippen LogP contribution in [0.25, 0.3) is 0 Å². The summed E-state index contributed by atoms with van der Waals surface area (Å²) in [6.45, 7) is 2.85. The summed E-state index contributed by atoms with van der Waals surface area (Å²) >= 11 is 0. The number of nitrogens with zero attached hydrogens (tertiary/aromatic N) is 1. The van der Waals surface area contributed by atoms with Gasteiger partial charge in [-0.1, -0.05) is 38.3 Å². The summed E-state index contributed by atoms with van der Waals surface area (Å²) in [4.78, 5) is 12.1. The first-order valence-electron chi connectivity index (χ1n) is 9.14. The molecule has 0 atom stereocenters. The second kappa shape index (κ2) is 10.9. The molecule has 0 spiro atoms. The Labute approximate surface area is 160 Å². The molecule has 2 aromatic rings. The van der Waals surface area contributed by atoms with Crippen molar-refractivity contribution in [1.82, 2.24) is 5.43 Å². The predicted molar refractivity (Wildman–Crippen MR) is 109 cm³/mol. The van der Waals surface area contributed by atoms with E-state index < -0.39 is 0 Å². The number of nitrogens with two attached hydrogens (primary N) is 1. The van der Waals surface area contributed by atoms with Crippen LogP contribution in [-0.2, 0) is 0 Å². The smallest absolute Gasteiger partial charge is 0.273 e. The lowest BCUT2D eigenvalue weighted by atomic mass is 10.2. The van der Waals surface area contributed by atoms with Crippen molar-refractivity contribution < 1.29 is 14.3 Å². The Morgan fingerprint density at radius 1 is 1.15 bits per heavy atom. The van der Waals surface area contributed by atoms with Crippen molar-refractivity contribution in [3.63, 3.8) is 0 Å². The Balaban J connectivity index is 1.93. The Morgan fingerprint density at radius 3 is 2.70 bits per heavy atom. The molecular weight excluding hydrogens is 342 g/mol. The Morgan fingerprint density at radius 2 is 1.96 bits per heavy atom. The maximum Gasteiger partial charge on any atom is 0.273 e. The summed E-state index contributed by atoms with van der Waals surface area (Å²) < 4.78 is 11.2. The molecule has 144 valence electrons. The fraction of sp³-hybridized carbons (Fsp3) is 0.333. The third kappa shape index (κ3) is 6.33. The zero-order valence-electron chi connectivity index (χ0n) is 15.9. The second-order valence-electron chi connectivity index (χ2n) is 6.11. The Kier molecular flexibility index (Phi) is 8.16. The summed E-state index contributed by atoms with van der Waals surface area (Å²) in [6.07, 6.45) is 6.15. The van der Waals surface area contributed by atoms with Crippen molar-refractivity contribution in [2.45, 2.75) is 32.6 Å². The first-order chi connectivity index (χ1) is 13.2. The highest BCUT2D eigenvalue weighted by Gasteiger charge is 2.08. The number of carbonyl (C=O) groups excluding carboxylic acids is 1. The second-order valence-corrected chi connectivity index (χ2v) is 6.11. The molecule has 0 saturated heterocycles. The van der Waals surface area contributed by atoms with Crippen molar-refractivity contribution in [3.8, 4) is 11.5 Å². The highest BCUT2D eigenvalue weighted by Crippen LogP contribution is 2.27. The molecule has 0 fully saturated rings. The molecule has 0 radical (unpaired) electrons. The van der Waals surface area contributed by atoms with Gasteiger partial charge in [0.1, 0.15) is 0 Å². The van der Waals surface area contributed by atoms with Crippen LogP contribution >= 0.6 is 0 Å². The van der Waals surface area contributed by atoms with Crippen LogP contribution in [0.1, 0.15) is 48.5 Å². The van der Waals surface area contributed by atoms with E-state index in [2.05, 4.69) is 17.5 Å². The van der Waals surface area contributed by atoms with Gasteiger partial charge in [0.25, 0.3) is 5.91 Å². The maximum absolute atomic E-state index is 12.1. The number of hydrogen-bond acceptors (Lipinski definition) is 5. The molecular formula is C21H27N3O3. The maximum atomic E-state index is 12.1. The van der Waals surface area contributed by atoms with Crippen LogP contribution in [0.4, 0.5) is 5.69 Å². The van der Waals surface area contributed by atoms with Gasteiger partial charge in [0.05, 0.1) is 25.5 Å². The Bertz CT molecular complexity index is 775. The highest BCUT2D eigenvalue weighted by atomic mass is 16.5. The molecule has 27 heavy (non-hydrogen) atoms. The quantitative estimate of drug-likeness (QED) is 0.287. The minimum atomic E-state index is -0.358. The topological polar surface area (TPSA) is 85.9 Å². The standard InChI is InChI=1S/C21H27N3O3/c1-3-4-5-8-13-27-19-12-11-16(14-20(19)26-2)15-23-24-21(25)17-9-6-7-10-18(17)22/h6-7,9-12,14-15H,3-5,8,13,22H2,1-2H3,(H,24,25)/b23-15+. The molecule has 0 aliphatic heterocycles. The van der Waals surface area contributed by atoms with Gasteiger partial charge in [0.15, 0.2) is 11.5 Å². The number of unbranched alkanes of at least 4 members (excludes halogenated alkanes) is 3. The minimum Gasteiger partial charge on any atom is -0.493 e. The van der Waals surface area contributed by atoms with E-state index in [1.807, 2.05) is 18.2 Å². The zero-order valence-corrected chi connectivity index (χ0v) is 15.9. The molecule has 3 N–H and O–H groups in total. The molecule has 0 bridgehead atoms. The number of carbonyl (C=O) groups is 1. The summed E-state index contributed by atoms with van der Waals surface area (Å²) in [5, 5.41) is 3.98. The van der Waals surface area contributed by atoms with Gasteiger partial charge in [0.2, 0.25) is 0 Å². The average Bonchev–Trinajstić information content (AvgIpc) is 2.68. The number of nitrogens with one attached hydrogen (secondary N) is 1. The average molecular weight is 369 g/mol. The van der Waals surface area contributed by atoms with Crippen LogP contribution in [0.3, 0.4) is 0 Å². The van der Waals surface area contributed by atoms with Crippen LogP contribution < -0.4 is 20.6 Å². The predicted octanol–water partition coefficient (Wildman–Crippen LogP) is 4.00. The van der Waals surface area contributed by atoms with Crippen LogP contribution in [0.5, 0.6) is 11.5 Å². The van der Waals surface area contributed by atoms with Gasteiger partial charge in [0, 0.05) is 5.69 Å². The van der Waals surface area contributed by atoms with Crippen molar-refractivity contribution in [2.75, 3.05) is 19.5 Å². The van der Waals surface area contributed by atoms with E-state index in [4.69, 9.17) is 15.2 Å². The van der Waals surface area contributed by atoms with Crippen molar-refractivity contribution in [3.05, 3.63) is 53.6 Å². The molecule has 0 saturated carbocycles. The van der Waals surface area contributed by atoms with Crippen LogP contribution in [0, 0.1) is 0 Å². The van der Waals surface area contributed by atoms with E-state index in [1.165, 1.54) is 12.8 Å². The number of benzene rings is 2. The summed E-state index contributed by atoms with van der Waals surface area (Å²) in [5.74, 6) is 0.976. The molecule has 0 unspecified atom stereocenters. The van der Waals surface area contributed by atoms with Gasteiger partial charge in [-0.15, -0.1) is 0 Å². The van der Waals surface area contributed by atoms with E-state index in [-0.39, 0.29) is 5.91 Å². The third-order valence-electron chi connectivity index (χ3n) is 4.03. The molecule has 2 rings (SSSR count). The molecule has 0 aromatic heterocycles. The Hall–Kier alpha value is -3.02. The number of hydrazone groups is 1. The van der Waals surface area contributed by atoms with Gasteiger partial charge >= 0.3 is 0 Å². The molecule has 0 heterocycles. The lowest BCUT2D eigenvalue weighted by molar-refractivity contribution is 0.0956. The van der Waals surface area contributed by atoms with Crippen LogP contribution in [0.2, 0.25) is 0 Å². The first-order valence-corrected chi connectivity index (χ1v) is 9.14. The lowest BCUT2D eigenvalue weighted by Crippen LogP contribution is -2.19. The third-order valence-corrected chi connectivity index (χ3v) is 4.03. The van der Waals surface area contributed by atoms with E-state index in [0.717, 1.165) is 18.4 Å². The van der Waals surface area contributed by atoms with Crippen molar-refractivity contribution >= 4 is 17.8 Å². The van der Waals surface area contributed by atoms with Gasteiger partial charge in [-0.2, -0.15) is 5.10 Å². The molecule has 0 aliphatic carbocycles. The summed E-state index contributed by atoms with van der Waals surface area (Å²) in [5.41, 5.74) is 9.84. The number of ether oxygens (including phenoxy) is 2. The van der Waals surface area contributed by atoms with Gasteiger partial charge in [-0.25, -0.2) is 5.43 Å². The molecule has 2 aromatic carbocycles. The number of methoxy groups -OCH3 is 1. The SMILES string of the molecule is CCCCCCOc1ccc(/C=N/NC(=O)c2ccccc2N)cc1OC. The van der Waals surface area contributed by atoms with Gasteiger partial charge in [-0.3, -0.25) is 4.79 Å². The number of rotatable bonds is 10. The van der Waals surface area contributed by atoms with E-state index in [0.29, 0.717) is 29.4 Å². The fourth-order valence-electron chi connectivity index (χ4n) is 2.52. The van der Waals surface area contributed by atoms with E-state index >= 15 is 0 Å². The number of amides is 1. The van der Waals surface area contributed by atoms with Gasteiger partial charge < -0.3 is 15.2 Å². The van der Waals surface area contributed by atoms with Crippen molar-refractivity contribution in [2.24, 2.45) is 5.10 Å². The van der Waals surface area contributed by atoms with E-state index in [9.17, 15) is 4.79 Å². The lowest BCUT2D eigenvalue weighted by Gasteiger charge is -2.11. The van der Waals surface area contributed by atoms with Crippen molar-refractivity contribution in [1.29, 1.82) is 0 Å². The molecule has 6 heteroatoms. The minimum absolute atomic E-state index is 0.358. The largest absolute Gasteiger partial charge is 0.493 e. The first kappa shape index (κ1) is 20.3. The van der Waals surface area contributed by atoms with E-state index in [1.54, 1.807) is 37.6 Å². The summed E-state index contributed by atoms with van der Waals surface area (Å²) in [6, 6.07) is 12.4. The zero-order chi connectivity index (χ0) is 19.5. The number of nitrogen functional groups attached to an aromatic ring is 1.